The third-order valence-electron chi connectivity index (χ3n) is 5.79. The molecular weight excluding hydrogens is 396 g/mol. The molecule has 2 N–H and O–H groups in total. The van der Waals surface area contributed by atoms with E-state index in [1.165, 1.54) is 0 Å². The molecule has 7 nitrogen and oxygen atoms in total. The molecule has 166 valence electrons. The zero-order chi connectivity index (χ0) is 22.8. The Kier molecular flexibility index (Phi) is 6.65. The molecule has 2 aromatic rings. The lowest BCUT2D eigenvalue weighted by molar-refractivity contribution is -0.130. The van der Waals surface area contributed by atoms with Crippen LogP contribution in [-0.2, 0) is 14.3 Å². The summed E-state index contributed by atoms with van der Waals surface area (Å²) in [6.45, 7) is 9.03. The molecule has 2 heterocycles. The number of nitrogens with one attached hydrogen (secondary N) is 2. The second kappa shape index (κ2) is 9.06. The van der Waals surface area contributed by atoms with Crippen LogP contribution in [0.5, 0.6) is 0 Å². The van der Waals surface area contributed by atoms with Crippen LogP contribution in [0.25, 0.3) is 11.3 Å². The molecule has 1 saturated heterocycles. The van der Waals surface area contributed by atoms with E-state index in [4.69, 9.17) is 9.15 Å². The molecule has 0 spiro atoms. The number of ether oxygens (including phenoxy) is 1. The standard InChI is InChI=1S/C24H30N2O5/c1-14(2)11-19(23(29)26-24(5)16(4)30-13-21(24)27)25-22(28)18-12-20(31-15(18)3)17-9-7-6-8-10-17/h6-10,12,14,16,19H,11,13H2,1-5H3,(H,25,28)(H,26,29)/t16-,19+,24-/m1/s1. The van der Waals surface area contributed by atoms with Gasteiger partial charge in [-0.05, 0) is 39.2 Å². The molecule has 1 aliphatic rings. The molecule has 0 bridgehead atoms. The minimum Gasteiger partial charge on any atom is -0.461 e. The van der Waals surface area contributed by atoms with Crippen LogP contribution in [0.15, 0.2) is 40.8 Å². The van der Waals surface area contributed by atoms with E-state index in [2.05, 4.69) is 10.6 Å². The highest BCUT2D eigenvalue weighted by Crippen LogP contribution is 2.26. The van der Waals surface area contributed by atoms with Crippen LogP contribution < -0.4 is 10.6 Å². The van der Waals surface area contributed by atoms with Crippen molar-refractivity contribution in [3.8, 4) is 11.3 Å². The lowest BCUT2D eigenvalue weighted by atomic mass is 9.92. The molecule has 0 aliphatic carbocycles. The van der Waals surface area contributed by atoms with Gasteiger partial charge in [-0.3, -0.25) is 14.4 Å². The number of ketones is 1. The number of hydrogen-bond acceptors (Lipinski definition) is 5. The Morgan fingerprint density at radius 3 is 2.48 bits per heavy atom. The van der Waals surface area contributed by atoms with E-state index in [0.717, 1.165) is 5.56 Å². The second-order valence-electron chi connectivity index (χ2n) is 8.67. The molecular formula is C24H30N2O5. The van der Waals surface area contributed by atoms with Gasteiger partial charge in [0.05, 0.1) is 11.7 Å². The van der Waals surface area contributed by atoms with Crippen molar-refractivity contribution < 1.29 is 23.5 Å². The molecule has 2 amide bonds. The SMILES string of the molecule is Cc1oc(-c2ccccc2)cc1C(=O)N[C@@H](CC(C)C)C(=O)N[C@@]1(C)C(=O)CO[C@@H]1C. The third-order valence-corrected chi connectivity index (χ3v) is 5.79. The largest absolute Gasteiger partial charge is 0.461 e. The summed E-state index contributed by atoms with van der Waals surface area (Å²) < 4.78 is 11.2. The molecule has 1 fully saturated rings. The van der Waals surface area contributed by atoms with Gasteiger partial charge in [-0.1, -0.05) is 44.2 Å². The Hall–Kier alpha value is -2.93. The number of aryl methyl sites for hydroxylation is 1. The Morgan fingerprint density at radius 1 is 1.23 bits per heavy atom. The molecule has 1 aromatic carbocycles. The molecule has 0 radical (unpaired) electrons. The van der Waals surface area contributed by atoms with Gasteiger partial charge in [0.25, 0.3) is 5.91 Å². The van der Waals surface area contributed by atoms with Crippen LogP contribution in [0.2, 0.25) is 0 Å². The van der Waals surface area contributed by atoms with Gasteiger partial charge in [-0.25, -0.2) is 0 Å². The number of benzene rings is 1. The van der Waals surface area contributed by atoms with Crippen LogP contribution >= 0.6 is 0 Å². The van der Waals surface area contributed by atoms with Gasteiger partial charge in [0.1, 0.15) is 29.7 Å². The Morgan fingerprint density at radius 2 is 1.90 bits per heavy atom. The van der Waals surface area contributed by atoms with E-state index in [1.54, 1.807) is 26.8 Å². The van der Waals surface area contributed by atoms with Gasteiger partial charge in [0, 0.05) is 5.56 Å². The van der Waals surface area contributed by atoms with Crippen molar-refractivity contribution in [3.05, 3.63) is 47.7 Å². The highest BCUT2D eigenvalue weighted by atomic mass is 16.5. The van der Waals surface area contributed by atoms with Crippen LogP contribution in [0.3, 0.4) is 0 Å². The van der Waals surface area contributed by atoms with Crippen LogP contribution in [0, 0.1) is 12.8 Å². The summed E-state index contributed by atoms with van der Waals surface area (Å²) in [5.74, 6) is 0.238. The van der Waals surface area contributed by atoms with Crippen molar-refractivity contribution in [2.75, 3.05) is 6.61 Å². The van der Waals surface area contributed by atoms with Crippen molar-refractivity contribution in [2.45, 2.75) is 58.7 Å². The summed E-state index contributed by atoms with van der Waals surface area (Å²) in [6, 6.07) is 10.4. The smallest absolute Gasteiger partial charge is 0.255 e. The van der Waals surface area contributed by atoms with Crippen molar-refractivity contribution in [3.63, 3.8) is 0 Å². The van der Waals surface area contributed by atoms with Crippen LogP contribution in [-0.4, -0.2) is 41.9 Å². The molecule has 3 rings (SSSR count). The number of furan rings is 1. The normalized spacial score (nSPS) is 21.9. The number of rotatable bonds is 7. The molecule has 1 aliphatic heterocycles. The van der Waals surface area contributed by atoms with Crippen LogP contribution in [0.1, 0.15) is 50.2 Å². The Bertz CT molecular complexity index is 966. The van der Waals surface area contributed by atoms with Gasteiger partial charge < -0.3 is 19.8 Å². The average Bonchev–Trinajstić information content (AvgIpc) is 3.23. The summed E-state index contributed by atoms with van der Waals surface area (Å²) in [5.41, 5.74) is 0.131. The Balaban J connectivity index is 1.78. The quantitative estimate of drug-likeness (QED) is 0.708. The third kappa shape index (κ3) is 4.88. The molecule has 7 heteroatoms. The van der Waals surface area contributed by atoms with Gasteiger partial charge in [0.2, 0.25) is 5.91 Å². The van der Waals surface area contributed by atoms with Gasteiger partial charge in [0.15, 0.2) is 5.78 Å². The first-order chi connectivity index (χ1) is 14.6. The van der Waals surface area contributed by atoms with E-state index in [9.17, 15) is 14.4 Å². The fourth-order valence-corrected chi connectivity index (χ4v) is 3.65. The van der Waals surface area contributed by atoms with Crippen molar-refractivity contribution in [2.24, 2.45) is 5.92 Å². The fraction of sp³-hybridized carbons (Fsp3) is 0.458. The maximum Gasteiger partial charge on any atom is 0.255 e. The van der Waals surface area contributed by atoms with E-state index in [0.29, 0.717) is 23.5 Å². The topological polar surface area (TPSA) is 97.6 Å². The van der Waals surface area contributed by atoms with Gasteiger partial charge >= 0.3 is 0 Å². The summed E-state index contributed by atoms with van der Waals surface area (Å²) in [6.07, 6.45) is -0.0108. The predicted octanol–water partition coefficient (Wildman–Crippen LogP) is 3.26. The monoisotopic (exact) mass is 426 g/mol. The maximum absolute atomic E-state index is 13.1. The molecule has 0 unspecified atom stereocenters. The minimum atomic E-state index is -1.11. The van der Waals surface area contributed by atoms with Crippen molar-refractivity contribution >= 4 is 17.6 Å². The van der Waals surface area contributed by atoms with Crippen LogP contribution in [0.4, 0.5) is 0 Å². The summed E-state index contributed by atoms with van der Waals surface area (Å²) in [7, 11) is 0. The average molecular weight is 427 g/mol. The Labute approximate surface area is 182 Å². The zero-order valence-corrected chi connectivity index (χ0v) is 18.7. The first-order valence-corrected chi connectivity index (χ1v) is 10.6. The number of Topliss-reactive ketones (excluding diaryl/α,β-unsaturated/α-hetero) is 1. The lowest BCUT2D eigenvalue weighted by Gasteiger charge is -2.30. The minimum absolute atomic E-state index is 0.0321. The fourth-order valence-electron chi connectivity index (χ4n) is 3.65. The number of carbonyl (C=O) groups excluding carboxylic acids is 3. The maximum atomic E-state index is 13.1. The van der Waals surface area contributed by atoms with Crippen molar-refractivity contribution in [1.82, 2.24) is 10.6 Å². The number of carbonyl (C=O) groups is 3. The lowest BCUT2D eigenvalue weighted by Crippen LogP contribution is -2.60. The predicted molar refractivity (Wildman–Crippen MR) is 117 cm³/mol. The van der Waals surface area contributed by atoms with Gasteiger partial charge in [-0.2, -0.15) is 0 Å². The van der Waals surface area contributed by atoms with E-state index in [1.807, 2.05) is 44.2 Å². The highest BCUT2D eigenvalue weighted by molar-refractivity contribution is 6.01. The van der Waals surface area contributed by atoms with E-state index < -0.39 is 29.5 Å². The summed E-state index contributed by atoms with van der Waals surface area (Å²) in [4.78, 5) is 38.3. The summed E-state index contributed by atoms with van der Waals surface area (Å²) in [5, 5.41) is 5.64. The summed E-state index contributed by atoms with van der Waals surface area (Å²) >= 11 is 0. The number of hydrogen-bond donors (Lipinski definition) is 2. The first-order valence-electron chi connectivity index (χ1n) is 10.6. The molecule has 3 atom stereocenters. The first kappa shape index (κ1) is 22.7. The molecule has 0 saturated carbocycles. The number of amides is 2. The second-order valence-corrected chi connectivity index (χ2v) is 8.67. The highest BCUT2D eigenvalue weighted by Gasteiger charge is 2.47. The zero-order valence-electron chi connectivity index (χ0n) is 18.7. The van der Waals surface area contributed by atoms with Gasteiger partial charge in [-0.15, -0.1) is 0 Å². The molecule has 1 aromatic heterocycles. The van der Waals surface area contributed by atoms with E-state index >= 15 is 0 Å². The van der Waals surface area contributed by atoms with E-state index in [-0.39, 0.29) is 18.3 Å². The molecule has 31 heavy (non-hydrogen) atoms. The van der Waals surface area contributed by atoms with Crippen molar-refractivity contribution in [1.29, 1.82) is 0 Å².